The average Bonchev–Trinajstić information content (AvgIpc) is 2.76. The Morgan fingerprint density at radius 1 is 1.00 bits per heavy atom. The number of rotatable bonds is 11. The molecule has 2 aromatic carbocycles. The van der Waals surface area contributed by atoms with Crippen molar-refractivity contribution in [1.29, 1.82) is 0 Å². The summed E-state index contributed by atoms with van der Waals surface area (Å²) >= 11 is 0. The number of carbonyl (C=O) groups is 2. The van der Waals surface area contributed by atoms with Gasteiger partial charge in [0.15, 0.2) is 6.61 Å². The van der Waals surface area contributed by atoms with Gasteiger partial charge in [0, 0.05) is 13.1 Å². The lowest BCUT2D eigenvalue weighted by Crippen LogP contribution is -2.50. The van der Waals surface area contributed by atoms with E-state index in [2.05, 4.69) is 19.2 Å². The first-order valence-electron chi connectivity index (χ1n) is 10.8. The molecule has 5 nitrogen and oxygen atoms in total. The van der Waals surface area contributed by atoms with Crippen LogP contribution in [-0.2, 0) is 16.0 Å². The van der Waals surface area contributed by atoms with Gasteiger partial charge in [-0.2, -0.15) is 0 Å². The number of nitrogens with one attached hydrogen (secondary N) is 1. The third kappa shape index (κ3) is 6.90. The van der Waals surface area contributed by atoms with Gasteiger partial charge >= 0.3 is 0 Å². The maximum absolute atomic E-state index is 13.1. The molecule has 0 aromatic heterocycles. The van der Waals surface area contributed by atoms with Crippen molar-refractivity contribution in [2.24, 2.45) is 0 Å². The molecular weight excluding hydrogens is 376 g/mol. The summed E-state index contributed by atoms with van der Waals surface area (Å²) in [5, 5.41) is 2.89. The van der Waals surface area contributed by atoms with Gasteiger partial charge in [-0.1, -0.05) is 69.3 Å². The van der Waals surface area contributed by atoms with Gasteiger partial charge in [-0.05, 0) is 42.9 Å². The van der Waals surface area contributed by atoms with Crippen LogP contribution in [0.15, 0.2) is 54.6 Å². The van der Waals surface area contributed by atoms with E-state index in [-0.39, 0.29) is 18.4 Å². The molecule has 2 rings (SSSR count). The molecule has 30 heavy (non-hydrogen) atoms. The van der Waals surface area contributed by atoms with Gasteiger partial charge in [-0.25, -0.2) is 0 Å². The minimum atomic E-state index is -0.559. The highest BCUT2D eigenvalue weighted by molar-refractivity contribution is 5.88. The van der Waals surface area contributed by atoms with E-state index >= 15 is 0 Å². The number of amides is 2. The van der Waals surface area contributed by atoms with E-state index in [9.17, 15) is 9.59 Å². The number of ether oxygens (including phenoxy) is 1. The van der Waals surface area contributed by atoms with Crippen molar-refractivity contribution in [2.75, 3.05) is 19.7 Å². The summed E-state index contributed by atoms with van der Waals surface area (Å²) < 4.78 is 5.88. The molecular formula is C25H34N2O3. The second-order valence-corrected chi connectivity index (χ2v) is 7.77. The van der Waals surface area contributed by atoms with Crippen LogP contribution in [0.3, 0.4) is 0 Å². The van der Waals surface area contributed by atoms with Crippen LogP contribution in [0.4, 0.5) is 0 Å². The largest absolute Gasteiger partial charge is 0.483 e. The Balaban J connectivity index is 2.09. The van der Waals surface area contributed by atoms with E-state index < -0.39 is 6.04 Å². The molecule has 0 unspecified atom stereocenters. The molecule has 2 amide bonds. The molecule has 0 saturated heterocycles. The minimum absolute atomic E-state index is 0.0933. The van der Waals surface area contributed by atoms with E-state index in [0.717, 1.165) is 17.5 Å². The third-order valence-electron chi connectivity index (χ3n) is 5.09. The van der Waals surface area contributed by atoms with Gasteiger partial charge in [0.05, 0.1) is 0 Å². The van der Waals surface area contributed by atoms with Gasteiger partial charge in [0.25, 0.3) is 5.91 Å². The quantitative estimate of drug-likeness (QED) is 0.605. The summed E-state index contributed by atoms with van der Waals surface area (Å²) in [7, 11) is 0. The molecule has 2 aromatic rings. The van der Waals surface area contributed by atoms with Crippen molar-refractivity contribution >= 4 is 11.8 Å². The molecule has 0 aliphatic rings. The summed E-state index contributed by atoms with van der Waals surface area (Å²) in [6.07, 6.45) is 1.53. The van der Waals surface area contributed by atoms with E-state index in [0.29, 0.717) is 31.2 Å². The van der Waals surface area contributed by atoms with Crippen molar-refractivity contribution in [3.05, 3.63) is 65.7 Å². The molecule has 0 heterocycles. The number of hydrogen-bond acceptors (Lipinski definition) is 3. The minimum Gasteiger partial charge on any atom is -0.483 e. The lowest BCUT2D eigenvalue weighted by molar-refractivity contribution is -0.141. The van der Waals surface area contributed by atoms with Gasteiger partial charge in [0.2, 0.25) is 5.91 Å². The van der Waals surface area contributed by atoms with Crippen molar-refractivity contribution in [2.45, 2.75) is 52.5 Å². The van der Waals surface area contributed by atoms with Crippen molar-refractivity contribution in [3.63, 3.8) is 0 Å². The maximum Gasteiger partial charge on any atom is 0.261 e. The molecule has 1 atom stereocenters. The van der Waals surface area contributed by atoms with E-state index in [4.69, 9.17) is 4.74 Å². The fourth-order valence-corrected chi connectivity index (χ4v) is 3.28. The Morgan fingerprint density at radius 3 is 2.33 bits per heavy atom. The zero-order valence-corrected chi connectivity index (χ0v) is 18.6. The Kier molecular flexibility index (Phi) is 9.39. The van der Waals surface area contributed by atoms with Gasteiger partial charge in [0.1, 0.15) is 11.8 Å². The van der Waals surface area contributed by atoms with Crippen LogP contribution >= 0.6 is 0 Å². The summed E-state index contributed by atoms with van der Waals surface area (Å²) in [6.45, 7) is 8.93. The van der Waals surface area contributed by atoms with Crippen LogP contribution in [0.2, 0.25) is 0 Å². The summed E-state index contributed by atoms with van der Waals surface area (Å²) in [5.74, 6) is 0.681. The summed E-state index contributed by atoms with van der Waals surface area (Å²) in [5.41, 5.74) is 2.19. The SMILES string of the molecule is CCCNC(=O)[C@@H](C)N(CCc1ccccc1)C(=O)COc1ccccc1C(C)C. The third-order valence-corrected chi connectivity index (χ3v) is 5.09. The van der Waals surface area contributed by atoms with Crippen LogP contribution in [0.25, 0.3) is 0 Å². The second kappa shape index (κ2) is 12.0. The molecule has 1 N–H and O–H groups in total. The summed E-state index contributed by atoms with van der Waals surface area (Å²) in [6, 6.07) is 17.2. The lowest BCUT2D eigenvalue weighted by atomic mass is 10.0. The van der Waals surface area contributed by atoms with Crippen molar-refractivity contribution < 1.29 is 14.3 Å². The van der Waals surface area contributed by atoms with Crippen LogP contribution in [0.1, 0.15) is 51.2 Å². The Labute approximate surface area is 180 Å². The summed E-state index contributed by atoms with van der Waals surface area (Å²) in [4.78, 5) is 27.2. The first-order chi connectivity index (χ1) is 14.4. The molecule has 0 aliphatic carbocycles. The average molecular weight is 411 g/mol. The molecule has 162 valence electrons. The molecule has 0 aliphatic heterocycles. The molecule has 0 bridgehead atoms. The molecule has 0 spiro atoms. The highest BCUT2D eigenvalue weighted by Gasteiger charge is 2.26. The molecule has 0 fully saturated rings. The van der Waals surface area contributed by atoms with Gasteiger partial charge < -0.3 is 15.0 Å². The first kappa shape index (κ1) is 23.5. The predicted molar refractivity (Wildman–Crippen MR) is 121 cm³/mol. The topological polar surface area (TPSA) is 58.6 Å². The second-order valence-electron chi connectivity index (χ2n) is 7.77. The monoisotopic (exact) mass is 410 g/mol. The Bertz CT molecular complexity index is 805. The normalized spacial score (nSPS) is 11.8. The van der Waals surface area contributed by atoms with Crippen LogP contribution in [0, 0.1) is 0 Å². The smallest absolute Gasteiger partial charge is 0.261 e. The number of hydrogen-bond donors (Lipinski definition) is 1. The molecule has 0 saturated carbocycles. The zero-order chi connectivity index (χ0) is 21.9. The van der Waals surface area contributed by atoms with Crippen LogP contribution in [0.5, 0.6) is 5.75 Å². The zero-order valence-electron chi connectivity index (χ0n) is 18.6. The number of benzene rings is 2. The molecule has 5 heteroatoms. The Morgan fingerprint density at radius 2 is 1.67 bits per heavy atom. The molecule has 0 radical (unpaired) electrons. The highest BCUT2D eigenvalue weighted by atomic mass is 16.5. The van der Waals surface area contributed by atoms with Crippen LogP contribution in [-0.4, -0.2) is 42.5 Å². The van der Waals surface area contributed by atoms with E-state index in [1.165, 1.54) is 0 Å². The number of nitrogens with zero attached hydrogens (tertiary/aromatic N) is 1. The van der Waals surface area contributed by atoms with E-state index in [1.807, 2.05) is 61.5 Å². The predicted octanol–water partition coefficient (Wildman–Crippen LogP) is 4.17. The number of para-hydroxylation sites is 1. The fourth-order valence-electron chi connectivity index (χ4n) is 3.28. The maximum atomic E-state index is 13.1. The van der Waals surface area contributed by atoms with Crippen molar-refractivity contribution in [1.82, 2.24) is 10.2 Å². The highest BCUT2D eigenvalue weighted by Crippen LogP contribution is 2.25. The fraction of sp³-hybridized carbons (Fsp3) is 0.440. The Hall–Kier alpha value is -2.82. The van der Waals surface area contributed by atoms with Crippen LogP contribution < -0.4 is 10.1 Å². The van der Waals surface area contributed by atoms with Gasteiger partial charge in [-0.3, -0.25) is 9.59 Å². The van der Waals surface area contributed by atoms with E-state index in [1.54, 1.807) is 11.8 Å². The first-order valence-corrected chi connectivity index (χ1v) is 10.8. The van der Waals surface area contributed by atoms with Gasteiger partial charge in [-0.15, -0.1) is 0 Å². The standard InChI is InChI=1S/C25H34N2O3/c1-5-16-26-25(29)20(4)27(17-15-21-11-7-6-8-12-21)24(28)18-30-23-14-10-9-13-22(23)19(2)3/h6-14,19-20H,5,15-18H2,1-4H3,(H,26,29)/t20-/m1/s1. The van der Waals surface area contributed by atoms with Crippen molar-refractivity contribution in [3.8, 4) is 5.75 Å². The number of carbonyl (C=O) groups excluding carboxylic acids is 2. The lowest BCUT2D eigenvalue weighted by Gasteiger charge is -2.29.